The molecule has 0 saturated carbocycles. The number of amides is 1. The molecule has 1 unspecified atom stereocenters. The topological polar surface area (TPSA) is 42.4 Å². The summed E-state index contributed by atoms with van der Waals surface area (Å²) >= 11 is 0. The largest absolute Gasteiger partial charge is 0.377 e. The van der Waals surface area contributed by atoms with Crippen molar-refractivity contribution >= 4 is 5.91 Å². The fraction of sp³-hybridized carbons (Fsp3) is 0.600. The van der Waals surface area contributed by atoms with Crippen LogP contribution in [0, 0.1) is 6.92 Å². The summed E-state index contributed by atoms with van der Waals surface area (Å²) in [6.45, 7) is 6.24. The minimum absolute atomic E-state index is 0.176. The molecule has 0 aliphatic carbocycles. The van der Waals surface area contributed by atoms with Gasteiger partial charge in [0.1, 0.15) is 0 Å². The molecule has 1 amide bonds. The van der Waals surface area contributed by atoms with Crippen molar-refractivity contribution in [3.05, 3.63) is 29.6 Å². The fourth-order valence-electron chi connectivity index (χ4n) is 2.43. The Hall–Kier alpha value is -1.42. The zero-order chi connectivity index (χ0) is 13.7. The second kappa shape index (κ2) is 6.66. The predicted octanol–water partition coefficient (Wildman–Crippen LogP) is 1.96. The summed E-state index contributed by atoms with van der Waals surface area (Å²) in [6, 6.07) is 3.92. The van der Waals surface area contributed by atoms with Gasteiger partial charge >= 0.3 is 0 Å². The Bertz CT molecular complexity index is 415. The lowest BCUT2D eigenvalue weighted by molar-refractivity contribution is -0.134. The van der Waals surface area contributed by atoms with E-state index in [4.69, 9.17) is 4.74 Å². The summed E-state index contributed by atoms with van der Waals surface area (Å²) in [5.74, 6) is 0.176. The molecule has 0 spiro atoms. The van der Waals surface area contributed by atoms with Crippen LogP contribution < -0.4 is 0 Å². The van der Waals surface area contributed by atoms with Gasteiger partial charge < -0.3 is 9.64 Å². The van der Waals surface area contributed by atoms with Crippen molar-refractivity contribution in [1.29, 1.82) is 0 Å². The molecule has 1 aliphatic heterocycles. The Balaban J connectivity index is 1.90. The molecule has 1 fully saturated rings. The highest BCUT2D eigenvalue weighted by atomic mass is 16.5. The van der Waals surface area contributed by atoms with Gasteiger partial charge in [-0.3, -0.25) is 9.78 Å². The molecule has 1 aromatic heterocycles. The van der Waals surface area contributed by atoms with E-state index in [0.29, 0.717) is 13.0 Å². The van der Waals surface area contributed by atoms with Crippen LogP contribution in [0.1, 0.15) is 31.0 Å². The molecular weight excluding hydrogens is 240 g/mol. The lowest BCUT2D eigenvalue weighted by Gasteiger charge is -2.32. The molecule has 4 heteroatoms. The molecule has 0 radical (unpaired) electrons. The number of nitrogens with zero attached hydrogens (tertiary/aromatic N) is 2. The summed E-state index contributed by atoms with van der Waals surface area (Å²) in [5, 5.41) is 0. The quantitative estimate of drug-likeness (QED) is 0.833. The van der Waals surface area contributed by atoms with Crippen LogP contribution in [0.4, 0.5) is 0 Å². The summed E-state index contributed by atoms with van der Waals surface area (Å²) in [4.78, 5) is 18.4. The van der Waals surface area contributed by atoms with E-state index in [2.05, 4.69) is 4.98 Å². The summed E-state index contributed by atoms with van der Waals surface area (Å²) in [6.07, 6.45) is 4.52. The molecule has 1 saturated heterocycles. The van der Waals surface area contributed by atoms with Crippen molar-refractivity contribution in [1.82, 2.24) is 9.88 Å². The van der Waals surface area contributed by atoms with E-state index in [0.717, 1.165) is 37.2 Å². The van der Waals surface area contributed by atoms with Crippen molar-refractivity contribution in [2.45, 2.75) is 39.2 Å². The molecule has 0 N–H and O–H groups in total. The summed E-state index contributed by atoms with van der Waals surface area (Å²) in [5.41, 5.74) is 1.96. The second-order valence-corrected chi connectivity index (χ2v) is 5.04. The summed E-state index contributed by atoms with van der Waals surface area (Å²) < 4.78 is 5.62. The summed E-state index contributed by atoms with van der Waals surface area (Å²) in [7, 11) is 0. The molecule has 4 nitrogen and oxygen atoms in total. The molecular formula is C15H22N2O2. The number of carbonyl (C=O) groups excluding carboxylic acids is 1. The van der Waals surface area contributed by atoms with Gasteiger partial charge in [0.25, 0.3) is 0 Å². The van der Waals surface area contributed by atoms with E-state index in [1.165, 1.54) is 0 Å². The van der Waals surface area contributed by atoms with Gasteiger partial charge in [0.05, 0.1) is 12.5 Å². The maximum atomic E-state index is 12.2. The molecule has 1 atom stereocenters. The van der Waals surface area contributed by atoms with Crippen LogP contribution in [0.5, 0.6) is 0 Å². The Morgan fingerprint density at radius 1 is 1.53 bits per heavy atom. The monoisotopic (exact) mass is 262 g/mol. The maximum absolute atomic E-state index is 12.2. The van der Waals surface area contributed by atoms with Crippen LogP contribution >= 0.6 is 0 Å². The van der Waals surface area contributed by atoms with Crippen molar-refractivity contribution in [3.63, 3.8) is 0 Å². The highest BCUT2D eigenvalue weighted by Crippen LogP contribution is 2.14. The second-order valence-electron chi connectivity index (χ2n) is 5.04. The predicted molar refractivity (Wildman–Crippen MR) is 73.9 cm³/mol. The average molecular weight is 262 g/mol. The number of aromatic nitrogens is 1. The molecule has 0 aromatic carbocycles. The van der Waals surface area contributed by atoms with Gasteiger partial charge in [-0.1, -0.05) is 6.07 Å². The average Bonchev–Trinajstić information content (AvgIpc) is 2.42. The third kappa shape index (κ3) is 4.03. The molecule has 1 aromatic rings. The standard InChI is InChI=1S/C15H22N2O2/c1-3-19-14-5-4-8-17(11-14)15(18)9-13-7-6-12(2)16-10-13/h6-7,10,14H,3-5,8-9,11H2,1-2H3. The molecule has 104 valence electrons. The van der Waals surface area contributed by atoms with E-state index in [-0.39, 0.29) is 12.0 Å². The number of piperidine rings is 1. The molecule has 19 heavy (non-hydrogen) atoms. The Kier molecular flexibility index (Phi) is 4.91. The first-order chi connectivity index (χ1) is 9.19. The Morgan fingerprint density at radius 2 is 2.37 bits per heavy atom. The number of rotatable bonds is 4. The smallest absolute Gasteiger partial charge is 0.227 e. The van der Waals surface area contributed by atoms with Crippen molar-refractivity contribution in [2.75, 3.05) is 19.7 Å². The van der Waals surface area contributed by atoms with Gasteiger partial charge in [-0.05, 0) is 38.3 Å². The number of hydrogen-bond acceptors (Lipinski definition) is 3. The van der Waals surface area contributed by atoms with Gasteiger partial charge in [-0.25, -0.2) is 0 Å². The van der Waals surface area contributed by atoms with Crippen molar-refractivity contribution < 1.29 is 9.53 Å². The van der Waals surface area contributed by atoms with E-state index < -0.39 is 0 Å². The SMILES string of the molecule is CCOC1CCCN(C(=O)Cc2ccc(C)nc2)C1. The number of carbonyl (C=O) groups is 1. The zero-order valence-corrected chi connectivity index (χ0v) is 11.8. The van der Waals surface area contributed by atoms with Crippen LogP contribution in [0.2, 0.25) is 0 Å². The van der Waals surface area contributed by atoms with Crippen molar-refractivity contribution in [3.8, 4) is 0 Å². The lowest BCUT2D eigenvalue weighted by atomic mass is 10.1. The number of likely N-dealkylation sites (tertiary alicyclic amines) is 1. The minimum Gasteiger partial charge on any atom is -0.377 e. The molecule has 2 rings (SSSR count). The van der Waals surface area contributed by atoms with Crippen LogP contribution in [0.15, 0.2) is 18.3 Å². The van der Waals surface area contributed by atoms with Gasteiger partial charge in [-0.15, -0.1) is 0 Å². The number of pyridine rings is 1. The first-order valence-electron chi connectivity index (χ1n) is 7.00. The fourth-order valence-corrected chi connectivity index (χ4v) is 2.43. The van der Waals surface area contributed by atoms with Crippen molar-refractivity contribution in [2.24, 2.45) is 0 Å². The number of hydrogen-bond donors (Lipinski definition) is 0. The van der Waals surface area contributed by atoms with E-state index in [9.17, 15) is 4.79 Å². The lowest BCUT2D eigenvalue weighted by Crippen LogP contribution is -2.43. The first kappa shape index (κ1) is 14.0. The highest BCUT2D eigenvalue weighted by Gasteiger charge is 2.23. The maximum Gasteiger partial charge on any atom is 0.227 e. The van der Waals surface area contributed by atoms with Gasteiger partial charge in [0, 0.05) is 31.6 Å². The van der Waals surface area contributed by atoms with Crippen LogP contribution in [0.25, 0.3) is 0 Å². The Morgan fingerprint density at radius 3 is 3.05 bits per heavy atom. The molecule has 1 aliphatic rings. The van der Waals surface area contributed by atoms with E-state index in [1.807, 2.05) is 30.9 Å². The third-order valence-corrected chi connectivity index (χ3v) is 3.46. The Labute approximate surface area is 114 Å². The van der Waals surface area contributed by atoms with Crippen LogP contribution in [0.3, 0.4) is 0 Å². The molecule has 2 heterocycles. The number of ether oxygens (including phenoxy) is 1. The zero-order valence-electron chi connectivity index (χ0n) is 11.8. The van der Waals surface area contributed by atoms with Crippen LogP contribution in [-0.2, 0) is 16.0 Å². The number of aryl methyl sites for hydroxylation is 1. The molecule has 0 bridgehead atoms. The minimum atomic E-state index is 0.176. The van der Waals surface area contributed by atoms with E-state index >= 15 is 0 Å². The van der Waals surface area contributed by atoms with E-state index in [1.54, 1.807) is 6.20 Å². The highest BCUT2D eigenvalue weighted by molar-refractivity contribution is 5.78. The normalized spacial score (nSPS) is 19.5. The van der Waals surface area contributed by atoms with Gasteiger partial charge in [0.15, 0.2) is 0 Å². The van der Waals surface area contributed by atoms with Gasteiger partial charge in [0.2, 0.25) is 5.91 Å². The van der Waals surface area contributed by atoms with Crippen LogP contribution in [-0.4, -0.2) is 41.6 Å². The van der Waals surface area contributed by atoms with Gasteiger partial charge in [-0.2, -0.15) is 0 Å². The first-order valence-corrected chi connectivity index (χ1v) is 7.00. The third-order valence-electron chi connectivity index (χ3n) is 3.46.